The summed E-state index contributed by atoms with van der Waals surface area (Å²) in [5.41, 5.74) is 1.41. The van der Waals surface area contributed by atoms with Gasteiger partial charge in [-0.2, -0.15) is 8.42 Å². The largest absolute Gasteiger partial charge is 1.00 e. The third kappa shape index (κ3) is 12.4. The molecule has 0 bridgehead atoms. The van der Waals surface area contributed by atoms with E-state index < -0.39 is 10.1 Å². The monoisotopic (exact) mass is 268 g/mol. The van der Waals surface area contributed by atoms with Crippen molar-refractivity contribution in [1.82, 2.24) is 0 Å². The Kier molecular flexibility index (Phi) is 11.6. The van der Waals surface area contributed by atoms with Crippen molar-refractivity contribution >= 4 is 10.1 Å². The van der Waals surface area contributed by atoms with Crippen LogP contribution in [0.4, 0.5) is 0 Å². The van der Waals surface area contributed by atoms with E-state index in [9.17, 15) is 8.42 Å². The van der Waals surface area contributed by atoms with Gasteiger partial charge in [0.25, 0.3) is 10.1 Å². The topological polar surface area (TPSA) is 54.4 Å². The molecule has 94 valence electrons. The Balaban J connectivity index is -0.000000232. The van der Waals surface area contributed by atoms with Crippen LogP contribution in [0.3, 0.4) is 0 Å². The van der Waals surface area contributed by atoms with Crippen LogP contribution in [0.5, 0.6) is 0 Å². The molecule has 17 heavy (non-hydrogen) atoms. The van der Waals surface area contributed by atoms with Crippen molar-refractivity contribution in [2.75, 3.05) is 5.75 Å². The first-order valence-corrected chi connectivity index (χ1v) is 6.97. The molecule has 0 aliphatic carbocycles. The van der Waals surface area contributed by atoms with E-state index in [1.807, 2.05) is 6.07 Å². The fraction of sp³-hybridized carbons (Fsp3) is 0.500. The molecule has 0 amide bonds. The second-order valence-corrected chi connectivity index (χ2v) is 5.42. The smallest absolute Gasteiger partial charge is 1.00 e. The molecular formula is C12H21NaO3S. The van der Waals surface area contributed by atoms with Crippen molar-refractivity contribution in [3.63, 3.8) is 0 Å². The Morgan fingerprint density at radius 2 is 1.71 bits per heavy atom. The van der Waals surface area contributed by atoms with Gasteiger partial charge in [-0.05, 0) is 17.9 Å². The molecule has 0 spiro atoms. The van der Waals surface area contributed by atoms with Crippen molar-refractivity contribution in [2.24, 2.45) is 0 Å². The Bertz CT molecular complexity index is 380. The summed E-state index contributed by atoms with van der Waals surface area (Å²) >= 11 is 0. The van der Waals surface area contributed by atoms with Gasteiger partial charge in [-0.3, -0.25) is 4.55 Å². The predicted octanol–water partition coefficient (Wildman–Crippen LogP) is 0.211. The number of hydrogen-bond acceptors (Lipinski definition) is 2. The van der Waals surface area contributed by atoms with Gasteiger partial charge in [-0.25, -0.2) is 0 Å². The maximum absolute atomic E-state index is 9.79. The van der Waals surface area contributed by atoms with Crippen molar-refractivity contribution < 1.29 is 44.0 Å². The second-order valence-electron chi connectivity index (χ2n) is 3.85. The van der Waals surface area contributed by atoms with Crippen LogP contribution in [0, 0.1) is 0 Å². The summed E-state index contributed by atoms with van der Waals surface area (Å²) in [6.07, 6.45) is 0.471. The Morgan fingerprint density at radius 3 is 1.88 bits per heavy atom. The fourth-order valence-corrected chi connectivity index (χ4v) is 1.61. The van der Waals surface area contributed by atoms with Gasteiger partial charge in [0.2, 0.25) is 0 Å². The van der Waals surface area contributed by atoms with Gasteiger partial charge in [-0.1, -0.05) is 51.1 Å². The fourth-order valence-electron chi connectivity index (χ4n) is 1.10. The quantitative estimate of drug-likeness (QED) is 0.630. The average Bonchev–Trinajstić information content (AvgIpc) is 2.18. The molecule has 3 nitrogen and oxygen atoms in total. The van der Waals surface area contributed by atoms with Crippen molar-refractivity contribution in [1.29, 1.82) is 0 Å². The summed E-state index contributed by atoms with van der Waals surface area (Å²) in [6, 6.07) is 10.5. The number of hydrogen-bond donors (Lipinski definition) is 1. The molecule has 0 atom stereocenters. The summed E-state index contributed by atoms with van der Waals surface area (Å²) in [5, 5.41) is 0. The Labute approximate surface area is 128 Å². The SMILES string of the molecule is CC(C)c1ccccc1.CCCS(=O)(=O)O.[H-].[Na+]. The minimum absolute atomic E-state index is 0. The predicted molar refractivity (Wildman–Crippen MR) is 68.3 cm³/mol. The zero-order chi connectivity index (χ0) is 12.6. The molecule has 0 aliphatic rings. The van der Waals surface area contributed by atoms with E-state index in [2.05, 4.69) is 38.1 Å². The van der Waals surface area contributed by atoms with E-state index in [0.29, 0.717) is 12.3 Å². The third-order valence-electron chi connectivity index (χ3n) is 1.93. The second kappa shape index (κ2) is 10.1. The van der Waals surface area contributed by atoms with Crippen LogP contribution in [0.1, 0.15) is 40.1 Å². The molecular weight excluding hydrogens is 247 g/mol. The van der Waals surface area contributed by atoms with Crippen LogP contribution in [0.15, 0.2) is 30.3 Å². The Hall–Kier alpha value is 0.130. The van der Waals surface area contributed by atoms with Crippen LogP contribution in [-0.4, -0.2) is 18.7 Å². The van der Waals surface area contributed by atoms with Crippen LogP contribution >= 0.6 is 0 Å². The van der Waals surface area contributed by atoms with Crippen LogP contribution < -0.4 is 29.6 Å². The van der Waals surface area contributed by atoms with Crippen LogP contribution in [0.2, 0.25) is 0 Å². The zero-order valence-corrected chi connectivity index (χ0v) is 13.9. The van der Waals surface area contributed by atoms with Crippen LogP contribution in [-0.2, 0) is 10.1 Å². The van der Waals surface area contributed by atoms with Gasteiger partial charge < -0.3 is 1.43 Å². The molecule has 0 saturated carbocycles. The van der Waals surface area contributed by atoms with Gasteiger partial charge in [0, 0.05) is 0 Å². The van der Waals surface area contributed by atoms with E-state index in [-0.39, 0.29) is 36.7 Å². The van der Waals surface area contributed by atoms with E-state index in [1.165, 1.54) is 5.56 Å². The molecule has 0 aliphatic heterocycles. The van der Waals surface area contributed by atoms with E-state index in [4.69, 9.17) is 4.55 Å². The molecule has 0 heterocycles. The normalized spacial score (nSPS) is 10.2. The minimum Gasteiger partial charge on any atom is -1.00 e. The van der Waals surface area contributed by atoms with Crippen molar-refractivity contribution in [3.05, 3.63) is 35.9 Å². The molecule has 1 aromatic rings. The van der Waals surface area contributed by atoms with Gasteiger partial charge in [0.15, 0.2) is 0 Å². The molecule has 0 aromatic heterocycles. The van der Waals surface area contributed by atoms with Gasteiger partial charge in [-0.15, -0.1) is 0 Å². The van der Waals surface area contributed by atoms with Gasteiger partial charge in [0.05, 0.1) is 5.75 Å². The average molecular weight is 268 g/mol. The summed E-state index contributed by atoms with van der Waals surface area (Å²) in [4.78, 5) is 0. The van der Waals surface area contributed by atoms with Gasteiger partial charge in [0.1, 0.15) is 0 Å². The summed E-state index contributed by atoms with van der Waals surface area (Å²) in [6.45, 7) is 6.10. The molecule has 5 heteroatoms. The van der Waals surface area contributed by atoms with Crippen molar-refractivity contribution in [3.8, 4) is 0 Å². The standard InChI is InChI=1S/C9H12.C3H8O3S.Na.H/c1-8(2)9-6-4-3-5-7-9;1-2-3-7(4,5)6;;/h3-8H,1-2H3;2-3H2,1H3,(H,4,5,6);;/q;;+1;-1. The first kappa shape index (κ1) is 19.5. The molecule has 0 saturated heterocycles. The maximum atomic E-state index is 9.79. The molecule has 1 rings (SSSR count). The molecule has 1 N–H and O–H groups in total. The maximum Gasteiger partial charge on any atom is 1.00 e. The minimum atomic E-state index is -3.67. The number of benzene rings is 1. The zero-order valence-electron chi connectivity index (χ0n) is 12.1. The Morgan fingerprint density at radius 1 is 1.24 bits per heavy atom. The molecule has 0 radical (unpaired) electrons. The third-order valence-corrected chi connectivity index (χ3v) is 2.85. The van der Waals surface area contributed by atoms with Gasteiger partial charge >= 0.3 is 29.6 Å². The van der Waals surface area contributed by atoms with Crippen molar-refractivity contribution in [2.45, 2.75) is 33.1 Å². The molecule has 0 fully saturated rings. The van der Waals surface area contributed by atoms with E-state index in [0.717, 1.165) is 0 Å². The molecule has 1 aromatic carbocycles. The van der Waals surface area contributed by atoms with E-state index in [1.54, 1.807) is 6.92 Å². The molecule has 0 unspecified atom stereocenters. The number of rotatable bonds is 3. The summed E-state index contributed by atoms with van der Waals surface area (Å²) < 4.78 is 27.6. The van der Waals surface area contributed by atoms with E-state index >= 15 is 0 Å². The first-order valence-electron chi connectivity index (χ1n) is 5.37. The summed E-state index contributed by atoms with van der Waals surface area (Å²) in [5.74, 6) is 0.527. The first-order chi connectivity index (χ1) is 7.37. The van der Waals surface area contributed by atoms with Crippen LogP contribution in [0.25, 0.3) is 0 Å². The summed E-state index contributed by atoms with van der Waals surface area (Å²) in [7, 11) is -3.67.